The van der Waals surface area contributed by atoms with Crippen LogP contribution in [0.15, 0.2) is 54.6 Å². The lowest BCUT2D eigenvalue weighted by Gasteiger charge is -2.23. The molecule has 0 aliphatic heterocycles. The van der Waals surface area contributed by atoms with Gasteiger partial charge in [-0.2, -0.15) is 0 Å². The number of fused-ring (bicyclic) bond motifs is 8. The molecular weight excluding hydrogens is 418 g/mol. The Bertz CT molecular complexity index is 981. The summed E-state index contributed by atoms with van der Waals surface area (Å²) in [7, 11) is 0. The Morgan fingerprint density at radius 1 is 0.970 bits per heavy atom. The number of amides is 1. The number of nitrogens with one attached hydrogen (secondary N) is 1. The van der Waals surface area contributed by atoms with Gasteiger partial charge in [0.2, 0.25) is 5.78 Å². The van der Waals surface area contributed by atoms with Crippen LogP contribution in [0.1, 0.15) is 49.8 Å². The Balaban J connectivity index is 1.67. The number of ether oxygens (including phenoxy) is 1. The zero-order valence-corrected chi connectivity index (χ0v) is 19.2. The van der Waals surface area contributed by atoms with Crippen molar-refractivity contribution in [2.45, 2.75) is 58.6 Å². The van der Waals surface area contributed by atoms with E-state index in [1.165, 1.54) is 0 Å². The number of Topliss-reactive ketones (excluding diaryl/α,β-unsaturated/α-hetero) is 3. The maximum absolute atomic E-state index is 13.2. The fraction of sp³-hybridized carbons (Fsp3) is 0.407. The Morgan fingerprint density at radius 2 is 1.64 bits per heavy atom. The number of benzene rings is 2. The van der Waals surface area contributed by atoms with Crippen molar-refractivity contribution >= 4 is 23.4 Å². The van der Waals surface area contributed by atoms with Gasteiger partial charge in [-0.3, -0.25) is 14.4 Å². The van der Waals surface area contributed by atoms with E-state index in [2.05, 4.69) is 5.32 Å². The molecule has 2 aliphatic carbocycles. The van der Waals surface area contributed by atoms with Gasteiger partial charge < -0.3 is 10.1 Å². The zero-order valence-electron chi connectivity index (χ0n) is 19.2. The van der Waals surface area contributed by atoms with Gasteiger partial charge >= 0.3 is 6.09 Å². The predicted octanol–water partition coefficient (Wildman–Crippen LogP) is 4.23. The van der Waals surface area contributed by atoms with Crippen LogP contribution in [-0.2, 0) is 38.6 Å². The molecular formula is C27H31NO5. The van der Waals surface area contributed by atoms with E-state index < -0.39 is 29.6 Å². The van der Waals surface area contributed by atoms with Gasteiger partial charge in [0.1, 0.15) is 6.61 Å². The van der Waals surface area contributed by atoms with Gasteiger partial charge in [0.25, 0.3) is 0 Å². The normalized spacial score (nSPS) is 17.4. The second kappa shape index (κ2) is 11.5. The van der Waals surface area contributed by atoms with Crippen LogP contribution >= 0.6 is 0 Å². The summed E-state index contributed by atoms with van der Waals surface area (Å²) in [5.41, 5.74) is 2.88. The molecule has 2 unspecified atom stereocenters. The first-order valence-corrected chi connectivity index (χ1v) is 11.5. The van der Waals surface area contributed by atoms with Crippen molar-refractivity contribution in [1.82, 2.24) is 5.32 Å². The highest BCUT2D eigenvalue weighted by molar-refractivity contribution is 6.38. The van der Waals surface area contributed by atoms with Crippen molar-refractivity contribution in [3.8, 4) is 0 Å². The van der Waals surface area contributed by atoms with E-state index >= 15 is 0 Å². The third kappa shape index (κ3) is 7.11. The fourth-order valence-corrected chi connectivity index (χ4v) is 4.07. The fourth-order valence-electron chi connectivity index (χ4n) is 4.07. The number of ketones is 3. The predicted molar refractivity (Wildman–Crippen MR) is 125 cm³/mol. The minimum Gasteiger partial charge on any atom is -0.445 e. The highest BCUT2D eigenvalue weighted by Crippen LogP contribution is 2.21. The maximum atomic E-state index is 13.2. The first-order chi connectivity index (χ1) is 15.8. The molecule has 2 atom stereocenters. The monoisotopic (exact) mass is 449 g/mol. The number of hydrogen-bond donors (Lipinski definition) is 1. The minimum absolute atomic E-state index is 0.0945. The molecule has 1 amide bonds. The lowest BCUT2D eigenvalue weighted by Crippen LogP contribution is -2.46. The number of alkyl carbamates (subject to hydrolysis) is 1. The van der Waals surface area contributed by atoms with Gasteiger partial charge in [0.05, 0.1) is 6.04 Å². The van der Waals surface area contributed by atoms with Crippen LogP contribution in [0.25, 0.3) is 0 Å². The number of hydrogen-bond acceptors (Lipinski definition) is 5. The lowest BCUT2D eigenvalue weighted by atomic mass is 9.85. The summed E-state index contributed by atoms with van der Waals surface area (Å²) in [6.07, 6.45) is 1.06. The molecule has 174 valence electrons. The van der Waals surface area contributed by atoms with Crippen molar-refractivity contribution in [3.63, 3.8) is 0 Å². The maximum Gasteiger partial charge on any atom is 0.408 e. The van der Waals surface area contributed by atoms with Crippen LogP contribution in [0, 0.1) is 11.8 Å². The molecule has 0 fully saturated rings. The second-order valence-electron chi connectivity index (χ2n) is 8.96. The average molecular weight is 450 g/mol. The van der Waals surface area contributed by atoms with Gasteiger partial charge in [-0.15, -0.1) is 0 Å². The van der Waals surface area contributed by atoms with E-state index in [0.717, 1.165) is 23.1 Å². The van der Waals surface area contributed by atoms with Crippen molar-refractivity contribution in [2.24, 2.45) is 11.8 Å². The summed E-state index contributed by atoms with van der Waals surface area (Å²) in [6.45, 7) is 3.74. The molecule has 6 heteroatoms. The van der Waals surface area contributed by atoms with Gasteiger partial charge in [0.15, 0.2) is 11.6 Å². The molecule has 0 saturated heterocycles. The lowest BCUT2D eigenvalue weighted by molar-refractivity contribution is -0.140. The van der Waals surface area contributed by atoms with Crippen LogP contribution in [0.2, 0.25) is 0 Å². The molecule has 2 bridgehead atoms. The third-order valence-corrected chi connectivity index (χ3v) is 5.97. The number of rotatable bonds is 7. The summed E-state index contributed by atoms with van der Waals surface area (Å²) in [5, 5.41) is 2.65. The molecule has 0 aromatic heterocycles. The molecule has 0 radical (unpaired) electrons. The molecule has 6 nitrogen and oxygen atoms in total. The summed E-state index contributed by atoms with van der Waals surface area (Å²) in [6, 6.07) is 16.4. The van der Waals surface area contributed by atoms with Crippen molar-refractivity contribution in [3.05, 3.63) is 71.3 Å². The van der Waals surface area contributed by atoms with E-state index in [0.29, 0.717) is 12.8 Å². The second-order valence-corrected chi connectivity index (χ2v) is 8.96. The molecule has 2 aromatic carbocycles. The molecule has 2 aromatic rings. The SMILES string of the molecule is CC(C)C(NC(=O)OCc1ccccc1)C(=O)CC1Cc2ccc(cc2)CCCC(=O)C1=O. The Kier molecular flexibility index (Phi) is 8.52. The number of carbonyl (C=O) groups is 4. The average Bonchev–Trinajstić information content (AvgIpc) is 2.84. The van der Waals surface area contributed by atoms with E-state index in [1.54, 1.807) is 0 Å². The molecule has 4 rings (SSSR count). The van der Waals surface area contributed by atoms with E-state index in [1.807, 2.05) is 68.4 Å². The number of aryl methyl sites for hydroxylation is 1. The summed E-state index contributed by atoms with van der Waals surface area (Å²) >= 11 is 0. The van der Waals surface area contributed by atoms with Gasteiger partial charge in [0, 0.05) is 18.8 Å². The van der Waals surface area contributed by atoms with Crippen molar-refractivity contribution in [2.75, 3.05) is 0 Å². The first-order valence-electron chi connectivity index (χ1n) is 11.5. The highest BCUT2D eigenvalue weighted by atomic mass is 16.5. The standard InChI is InChI=1S/C27H31NO5/c1-18(2)25(28-27(32)33-17-21-7-4-3-5-8-21)24(30)16-22-15-20-13-11-19(12-14-20)9-6-10-23(29)26(22)31/h3-5,7-8,11-14,18,22,25H,6,9-10,15-17H2,1-2H3,(H,28,32). The van der Waals surface area contributed by atoms with Crippen LogP contribution in [0.4, 0.5) is 4.79 Å². The molecule has 33 heavy (non-hydrogen) atoms. The molecule has 1 N–H and O–H groups in total. The van der Waals surface area contributed by atoms with E-state index in [-0.39, 0.29) is 31.1 Å². The van der Waals surface area contributed by atoms with Gasteiger partial charge in [-0.1, -0.05) is 68.4 Å². The first kappa shape index (κ1) is 24.4. The van der Waals surface area contributed by atoms with E-state index in [9.17, 15) is 19.2 Å². The van der Waals surface area contributed by atoms with Gasteiger partial charge in [-0.05, 0) is 41.9 Å². The highest BCUT2D eigenvalue weighted by Gasteiger charge is 2.32. The smallest absolute Gasteiger partial charge is 0.408 e. The van der Waals surface area contributed by atoms with Crippen LogP contribution in [-0.4, -0.2) is 29.5 Å². The number of carbonyl (C=O) groups excluding carboxylic acids is 4. The largest absolute Gasteiger partial charge is 0.445 e. The van der Waals surface area contributed by atoms with Crippen molar-refractivity contribution < 1.29 is 23.9 Å². The molecule has 0 saturated carbocycles. The zero-order chi connectivity index (χ0) is 23.8. The Hall–Kier alpha value is -3.28. The van der Waals surface area contributed by atoms with Crippen LogP contribution in [0.3, 0.4) is 0 Å². The molecule has 0 heterocycles. The molecule has 2 aliphatic rings. The minimum atomic E-state index is -0.809. The Morgan fingerprint density at radius 3 is 2.30 bits per heavy atom. The quantitative estimate of drug-likeness (QED) is 0.639. The summed E-state index contributed by atoms with van der Waals surface area (Å²) in [5.74, 6) is -2.14. The summed E-state index contributed by atoms with van der Waals surface area (Å²) in [4.78, 5) is 50.8. The van der Waals surface area contributed by atoms with E-state index in [4.69, 9.17) is 4.74 Å². The van der Waals surface area contributed by atoms with Crippen LogP contribution in [0.5, 0.6) is 0 Å². The van der Waals surface area contributed by atoms with Gasteiger partial charge in [-0.25, -0.2) is 4.79 Å². The summed E-state index contributed by atoms with van der Waals surface area (Å²) < 4.78 is 5.26. The molecule has 0 spiro atoms. The Labute approximate surface area is 194 Å². The van der Waals surface area contributed by atoms with Crippen LogP contribution < -0.4 is 5.32 Å². The third-order valence-electron chi connectivity index (χ3n) is 5.97. The van der Waals surface area contributed by atoms with Crippen molar-refractivity contribution in [1.29, 1.82) is 0 Å². The topological polar surface area (TPSA) is 89.5 Å².